The summed E-state index contributed by atoms with van der Waals surface area (Å²) < 4.78 is 5.49. The van der Waals surface area contributed by atoms with Crippen LogP contribution in [0.25, 0.3) is 0 Å². The second-order valence-corrected chi connectivity index (χ2v) is 5.82. The van der Waals surface area contributed by atoms with E-state index in [-0.39, 0.29) is 17.8 Å². The monoisotopic (exact) mass is 247 g/mol. The maximum Gasteiger partial charge on any atom is 0.311 e. The standard InChI is InChI=1S/C15H21NO2/c1-15(2,3)18-14(17)13-10-16-9-12(13)11-7-5-4-6-8-11/h4-8,12-13,16H,9-10H2,1-3H3/t12-,13-/m0/s1. The molecule has 98 valence electrons. The van der Waals surface area contributed by atoms with Crippen LogP contribution in [0.4, 0.5) is 0 Å². The lowest BCUT2D eigenvalue weighted by Gasteiger charge is -2.24. The predicted octanol–water partition coefficient (Wildman–Crippen LogP) is 2.33. The maximum absolute atomic E-state index is 12.2. The van der Waals surface area contributed by atoms with Gasteiger partial charge in [0.2, 0.25) is 0 Å². The molecular formula is C15H21NO2. The number of carbonyl (C=O) groups excluding carboxylic acids is 1. The van der Waals surface area contributed by atoms with Crippen molar-refractivity contribution in [2.45, 2.75) is 32.3 Å². The van der Waals surface area contributed by atoms with E-state index in [1.165, 1.54) is 5.56 Å². The molecule has 1 aliphatic rings. The third-order valence-electron chi connectivity index (χ3n) is 3.15. The molecule has 0 spiro atoms. The highest BCUT2D eigenvalue weighted by Gasteiger charge is 2.36. The van der Waals surface area contributed by atoms with Gasteiger partial charge in [-0.3, -0.25) is 4.79 Å². The number of esters is 1. The largest absolute Gasteiger partial charge is 0.460 e. The third kappa shape index (κ3) is 3.10. The Balaban J connectivity index is 2.11. The summed E-state index contributed by atoms with van der Waals surface area (Å²) >= 11 is 0. The average molecular weight is 247 g/mol. The number of ether oxygens (including phenoxy) is 1. The molecule has 18 heavy (non-hydrogen) atoms. The lowest BCUT2D eigenvalue weighted by atomic mass is 9.89. The van der Waals surface area contributed by atoms with Crippen LogP contribution in [0.15, 0.2) is 30.3 Å². The SMILES string of the molecule is CC(C)(C)OC(=O)[C@H]1CNC[C@H]1c1ccccc1. The van der Waals surface area contributed by atoms with E-state index in [1.807, 2.05) is 39.0 Å². The summed E-state index contributed by atoms with van der Waals surface area (Å²) in [5, 5.41) is 3.29. The van der Waals surface area contributed by atoms with Crippen molar-refractivity contribution in [1.29, 1.82) is 0 Å². The first-order valence-corrected chi connectivity index (χ1v) is 6.46. The molecule has 0 aromatic heterocycles. The first-order valence-electron chi connectivity index (χ1n) is 6.46. The van der Waals surface area contributed by atoms with E-state index in [4.69, 9.17) is 4.74 Å². The van der Waals surface area contributed by atoms with Gasteiger partial charge in [0.25, 0.3) is 0 Å². The van der Waals surface area contributed by atoms with Crippen molar-refractivity contribution >= 4 is 5.97 Å². The fraction of sp³-hybridized carbons (Fsp3) is 0.533. The van der Waals surface area contributed by atoms with Crippen molar-refractivity contribution in [3.63, 3.8) is 0 Å². The lowest BCUT2D eigenvalue weighted by Crippen LogP contribution is -2.31. The van der Waals surface area contributed by atoms with Gasteiger partial charge in [0, 0.05) is 19.0 Å². The van der Waals surface area contributed by atoms with E-state index in [9.17, 15) is 4.79 Å². The molecule has 0 saturated carbocycles. The highest BCUT2D eigenvalue weighted by molar-refractivity contribution is 5.75. The summed E-state index contributed by atoms with van der Waals surface area (Å²) in [4.78, 5) is 12.2. The summed E-state index contributed by atoms with van der Waals surface area (Å²) in [6.45, 7) is 7.27. The number of carbonyl (C=O) groups is 1. The first kappa shape index (κ1) is 13.1. The molecule has 0 aliphatic carbocycles. The minimum atomic E-state index is -0.416. The van der Waals surface area contributed by atoms with Gasteiger partial charge >= 0.3 is 5.97 Å². The molecule has 1 aliphatic heterocycles. The molecule has 1 N–H and O–H groups in total. The summed E-state index contributed by atoms with van der Waals surface area (Å²) in [6, 6.07) is 10.2. The molecule has 1 aromatic rings. The Morgan fingerprint density at radius 1 is 1.22 bits per heavy atom. The predicted molar refractivity (Wildman–Crippen MR) is 71.4 cm³/mol. The van der Waals surface area contributed by atoms with Gasteiger partial charge in [-0.15, -0.1) is 0 Å². The number of benzene rings is 1. The van der Waals surface area contributed by atoms with Gasteiger partial charge in [0.15, 0.2) is 0 Å². The van der Waals surface area contributed by atoms with Crippen LogP contribution in [-0.4, -0.2) is 24.7 Å². The van der Waals surface area contributed by atoms with Crippen molar-refractivity contribution in [3.8, 4) is 0 Å². The number of rotatable bonds is 2. The Hall–Kier alpha value is -1.35. The van der Waals surface area contributed by atoms with Crippen LogP contribution in [-0.2, 0) is 9.53 Å². The Morgan fingerprint density at radius 3 is 2.50 bits per heavy atom. The molecule has 0 amide bonds. The van der Waals surface area contributed by atoms with Gasteiger partial charge in [-0.05, 0) is 26.3 Å². The van der Waals surface area contributed by atoms with E-state index in [0.717, 1.165) is 6.54 Å². The van der Waals surface area contributed by atoms with E-state index in [1.54, 1.807) is 0 Å². The topological polar surface area (TPSA) is 38.3 Å². The smallest absolute Gasteiger partial charge is 0.311 e. The van der Waals surface area contributed by atoms with Gasteiger partial charge in [-0.2, -0.15) is 0 Å². The Bertz CT molecular complexity index is 408. The zero-order chi connectivity index (χ0) is 13.2. The number of nitrogens with one attached hydrogen (secondary N) is 1. The highest BCUT2D eigenvalue weighted by atomic mass is 16.6. The average Bonchev–Trinajstić information content (AvgIpc) is 2.76. The Morgan fingerprint density at radius 2 is 1.89 bits per heavy atom. The third-order valence-corrected chi connectivity index (χ3v) is 3.15. The second-order valence-electron chi connectivity index (χ2n) is 5.82. The van der Waals surface area contributed by atoms with Crippen LogP contribution in [0.3, 0.4) is 0 Å². The molecule has 1 fully saturated rings. The number of hydrogen-bond donors (Lipinski definition) is 1. The fourth-order valence-corrected chi connectivity index (χ4v) is 2.35. The van der Waals surface area contributed by atoms with E-state index in [0.29, 0.717) is 6.54 Å². The number of hydrogen-bond acceptors (Lipinski definition) is 3. The molecule has 0 unspecified atom stereocenters. The Labute approximate surface area is 109 Å². The van der Waals surface area contributed by atoms with Crippen molar-refractivity contribution < 1.29 is 9.53 Å². The molecule has 1 heterocycles. The van der Waals surface area contributed by atoms with Gasteiger partial charge < -0.3 is 10.1 Å². The zero-order valence-corrected chi connectivity index (χ0v) is 11.3. The highest BCUT2D eigenvalue weighted by Crippen LogP contribution is 2.29. The zero-order valence-electron chi connectivity index (χ0n) is 11.3. The minimum absolute atomic E-state index is 0.0772. The van der Waals surface area contributed by atoms with Crippen LogP contribution in [0.1, 0.15) is 32.3 Å². The summed E-state index contributed by atoms with van der Waals surface area (Å²) in [6.07, 6.45) is 0. The summed E-state index contributed by atoms with van der Waals surface area (Å²) in [5.74, 6) is 0.0500. The van der Waals surface area contributed by atoms with Crippen molar-refractivity contribution in [3.05, 3.63) is 35.9 Å². The molecule has 1 aromatic carbocycles. The van der Waals surface area contributed by atoms with E-state index < -0.39 is 5.60 Å². The molecule has 2 rings (SSSR count). The van der Waals surface area contributed by atoms with Crippen molar-refractivity contribution in [2.24, 2.45) is 5.92 Å². The fourth-order valence-electron chi connectivity index (χ4n) is 2.35. The lowest BCUT2D eigenvalue weighted by molar-refractivity contribution is -0.159. The van der Waals surface area contributed by atoms with Crippen LogP contribution in [0.2, 0.25) is 0 Å². The van der Waals surface area contributed by atoms with Gasteiger partial charge in [0.1, 0.15) is 5.60 Å². The molecule has 0 bridgehead atoms. The molecule has 3 heteroatoms. The summed E-state index contributed by atoms with van der Waals surface area (Å²) in [5.41, 5.74) is 0.791. The van der Waals surface area contributed by atoms with Gasteiger partial charge in [0.05, 0.1) is 5.92 Å². The van der Waals surface area contributed by atoms with Crippen molar-refractivity contribution in [2.75, 3.05) is 13.1 Å². The molecule has 1 saturated heterocycles. The molecular weight excluding hydrogens is 226 g/mol. The quantitative estimate of drug-likeness (QED) is 0.815. The van der Waals surface area contributed by atoms with Gasteiger partial charge in [-0.25, -0.2) is 0 Å². The first-order chi connectivity index (χ1) is 8.47. The van der Waals surface area contributed by atoms with Crippen LogP contribution < -0.4 is 5.32 Å². The van der Waals surface area contributed by atoms with E-state index in [2.05, 4.69) is 17.4 Å². The van der Waals surface area contributed by atoms with Gasteiger partial charge in [-0.1, -0.05) is 30.3 Å². The molecule has 2 atom stereocenters. The van der Waals surface area contributed by atoms with Crippen molar-refractivity contribution in [1.82, 2.24) is 5.32 Å². The van der Waals surface area contributed by atoms with Crippen LogP contribution in [0, 0.1) is 5.92 Å². The van der Waals surface area contributed by atoms with Crippen LogP contribution in [0.5, 0.6) is 0 Å². The normalized spacial score (nSPS) is 23.9. The maximum atomic E-state index is 12.2. The molecule has 0 radical (unpaired) electrons. The van der Waals surface area contributed by atoms with E-state index >= 15 is 0 Å². The van der Waals surface area contributed by atoms with Crippen LogP contribution >= 0.6 is 0 Å². The minimum Gasteiger partial charge on any atom is -0.460 e. The summed E-state index contributed by atoms with van der Waals surface area (Å²) in [7, 11) is 0. The Kier molecular flexibility index (Phi) is 3.71. The molecule has 3 nitrogen and oxygen atoms in total. The second kappa shape index (κ2) is 5.11.